The summed E-state index contributed by atoms with van der Waals surface area (Å²) >= 11 is 3.44. The first-order valence-corrected chi connectivity index (χ1v) is 4.94. The third-order valence-electron chi connectivity index (χ3n) is 2.21. The molecule has 68 valence electrons. The van der Waals surface area contributed by atoms with Gasteiger partial charge in [0.25, 0.3) is 0 Å². The van der Waals surface area contributed by atoms with Crippen LogP contribution in [0, 0.1) is 6.92 Å². The molecule has 2 nitrogen and oxygen atoms in total. The van der Waals surface area contributed by atoms with Crippen molar-refractivity contribution in [3.05, 3.63) is 33.3 Å². The Morgan fingerprint density at radius 3 is 3.00 bits per heavy atom. The molecule has 0 fully saturated rings. The highest BCUT2D eigenvalue weighted by Gasteiger charge is 2.19. The average molecular weight is 241 g/mol. The van der Waals surface area contributed by atoms with E-state index < -0.39 is 0 Å². The molecule has 13 heavy (non-hydrogen) atoms. The first-order chi connectivity index (χ1) is 6.18. The number of hydrogen-bond acceptors (Lipinski definition) is 2. The van der Waals surface area contributed by atoms with Gasteiger partial charge in [0.05, 0.1) is 12.2 Å². The van der Waals surface area contributed by atoms with Crippen LogP contribution in [-0.4, -0.2) is 12.6 Å². The number of carbonyl (C=O) groups is 1. The zero-order chi connectivity index (χ0) is 9.42. The van der Waals surface area contributed by atoms with Crippen molar-refractivity contribution in [1.29, 1.82) is 0 Å². The van der Waals surface area contributed by atoms with Crippen LogP contribution in [0.25, 0.3) is 0 Å². The number of rotatable bonds is 0. The van der Waals surface area contributed by atoms with E-state index in [2.05, 4.69) is 15.9 Å². The van der Waals surface area contributed by atoms with Crippen LogP contribution in [0.15, 0.2) is 16.6 Å². The van der Waals surface area contributed by atoms with Gasteiger partial charge < -0.3 is 4.74 Å². The van der Waals surface area contributed by atoms with E-state index in [-0.39, 0.29) is 5.97 Å². The van der Waals surface area contributed by atoms with Gasteiger partial charge >= 0.3 is 5.97 Å². The minimum Gasteiger partial charge on any atom is -0.462 e. The van der Waals surface area contributed by atoms with Gasteiger partial charge in [-0.3, -0.25) is 0 Å². The summed E-state index contributed by atoms with van der Waals surface area (Å²) in [6.07, 6.45) is 0.819. The lowest BCUT2D eigenvalue weighted by Crippen LogP contribution is -2.17. The highest BCUT2D eigenvalue weighted by molar-refractivity contribution is 9.10. The lowest BCUT2D eigenvalue weighted by molar-refractivity contribution is 0.0480. The number of benzene rings is 1. The van der Waals surface area contributed by atoms with Crippen molar-refractivity contribution >= 4 is 21.9 Å². The van der Waals surface area contributed by atoms with Crippen molar-refractivity contribution in [2.24, 2.45) is 0 Å². The zero-order valence-corrected chi connectivity index (χ0v) is 8.85. The fourth-order valence-electron chi connectivity index (χ4n) is 1.45. The van der Waals surface area contributed by atoms with E-state index in [4.69, 9.17) is 4.74 Å². The van der Waals surface area contributed by atoms with Crippen molar-refractivity contribution in [2.45, 2.75) is 13.3 Å². The van der Waals surface area contributed by atoms with Crippen LogP contribution in [0.1, 0.15) is 21.5 Å². The van der Waals surface area contributed by atoms with Crippen molar-refractivity contribution in [3.63, 3.8) is 0 Å². The number of cyclic esters (lactones) is 1. The maximum atomic E-state index is 11.3. The maximum Gasteiger partial charge on any atom is 0.338 e. The highest BCUT2D eigenvalue weighted by Crippen LogP contribution is 2.24. The number of aryl methyl sites for hydroxylation is 1. The van der Waals surface area contributed by atoms with E-state index in [9.17, 15) is 4.79 Å². The number of carbonyl (C=O) groups excluding carboxylic acids is 1. The number of ether oxygens (including phenoxy) is 1. The lowest BCUT2D eigenvalue weighted by Gasteiger charge is -2.16. The number of hydrogen-bond donors (Lipinski definition) is 0. The summed E-state index contributed by atoms with van der Waals surface area (Å²) in [6.45, 7) is 2.47. The van der Waals surface area contributed by atoms with E-state index in [1.165, 1.54) is 0 Å². The van der Waals surface area contributed by atoms with Crippen LogP contribution in [0.3, 0.4) is 0 Å². The van der Waals surface area contributed by atoms with Crippen molar-refractivity contribution < 1.29 is 9.53 Å². The third-order valence-corrected chi connectivity index (χ3v) is 3.06. The Balaban J connectivity index is 2.58. The van der Waals surface area contributed by atoms with Crippen LogP contribution in [-0.2, 0) is 11.2 Å². The molecule has 0 amide bonds. The second-order valence-corrected chi connectivity index (χ2v) is 4.00. The molecule has 1 aromatic carbocycles. The largest absolute Gasteiger partial charge is 0.462 e. The van der Waals surface area contributed by atoms with Crippen LogP contribution >= 0.6 is 15.9 Å². The van der Waals surface area contributed by atoms with Crippen LogP contribution in [0.2, 0.25) is 0 Å². The van der Waals surface area contributed by atoms with Gasteiger partial charge in [0.1, 0.15) is 0 Å². The fourth-order valence-corrected chi connectivity index (χ4v) is 1.84. The number of halogens is 1. The first kappa shape index (κ1) is 8.75. The molecular weight excluding hydrogens is 232 g/mol. The van der Waals surface area contributed by atoms with E-state index in [1.54, 1.807) is 0 Å². The van der Waals surface area contributed by atoms with E-state index in [0.717, 1.165) is 22.0 Å². The first-order valence-electron chi connectivity index (χ1n) is 4.14. The van der Waals surface area contributed by atoms with Gasteiger partial charge in [-0.1, -0.05) is 15.9 Å². The highest BCUT2D eigenvalue weighted by atomic mass is 79.9. The predicted octanol–water partition coefficient (Wildman–Crippen LogP) is 2.47. The Hall–Kier alpha value is -0.830. The smallest absolute Gasteiger partial charge is 0.338 e. The molecule has 0 radical (unpaired) electrons. The summed E-state index contributed by atoms with van der Waals surface area (Å²) in [5, 5.41) is 0. The van der Waals surface area contributed by atoms with E-state index in [0.29, 0.717) is 12.2 Å². The summed E-state index contributed by atoms with van der Waals surface area (Å²) in [6, 6.07) is 3.88. The monoisotopic (exact) mass is 240 g/mol. The molecule has 3 heteroatoms. The lowest BCUT2D eigenvalue weighted by atomic mass is 10.0. The predicted molar refractivity (Wildman–Crippen MR) is 52.9 cm³/mol. The second-order valence-electron chi connectivity index (χ2n) is 3.14. The molecule has 0 saturated heterocycles. The van der Waals surface area contributed by atoms with Gasteiger partial charge in [-0.2, -0.15) is 0 Å². The van der Waals surface area contributed by atoms with Gasteiger partial charge in [-0.15, -0.1) is 0 Å². The third kappa shape index (κ3) is 1.48. The van der Waals surface area contributed by atoms with Crippen molar-refractivity contribution in [2.75, 3.05) is 6.61 Å². The summed E-state index contributed by atoms with van der Waals surface area (Å²) in [5.74, 6) is -0.197. The van der Waals surface area contributed by atoms with Gasteiger partial charge in [0, 0.05) is 10.9 Å². The fraction of sp³-hybridized carbons (Fsp3) is 0.300. The average Bonchev–Trinajstić information content (AvgIpc) is 2.09. The van der Waals surface area contributed by atoms with E-state index in [1.807, 2.05) is 19.1 Å². The molecule has 0 spiro atoms. The van der Waals surface area contributed by atoms with Gasteiger partial charge in [0.2, 0.25) is 0 Å². The number of esters is 1. The Kier molecular flexibility index (Phi) is 2.12. The molecule has 0 aromatic heterocycles. The summed E-state index contributed by atoms with van der Waals surface area (Å²) in [7, 11) is 0. The molecule has 0 saturated carbocycles. The molecule has 0 bridgehead atoms. The quantitative estimate of drug-likeness (QED) is 0.652. The topological polar surface area (TPSA) is 26.3 Å². The summed E-state index contributed by atoms with van der Waals surface area (Å²) < 4.78 is 6.00. The molecule has 0 aliphatic carbocycles. The van der Waals surface area contributed by atoms with Crippen molar-refractivity contribution in [1.82, 2.24) is 0 Å². The maximum absolute atomic E-state index is 11.3. The van der Waals surface area contributed by atoms with Crippen LogP contribution in [0.5, 0.6) is 0 Å². The summed E-state index contributed by atoms with van der Waals surface area (Å²) in [5.41, 5.74) is 2.86. The molecule has 0 atom stereocenters. The Bertz CT molecular complexity index is 371. The summed E-state index contributed by atoms with van der Waals surface area (Å²) in [4.78, 5) is 11.3. The molecule has 1 aromatic rings. The molecule has 0 N–H and O–H groups in total. The van der Waals surface area contributed by atoms with Crippen molar-refractivity contribution in [3.8, 4) is 0 Å². The molecule has 0 unspecified atom stereocenters. The Labute approximate surface area is 85.0 Å². The molecule has 2 rings (SSSR count). The van der Waals surface area contributed by atoms with Crippen LogP contribution < -0.4 is 0 Å². The normalized spacial score (nSPS) is 15.1. The molecule has 1 heterocycles. The molecule has 1 aliphatic rings. The van der Waals surface area contributed by atoms with Gasteiger partial charge in [0.15, 0.2) is 0 Å². The van der Waals surface area contributed by atoms with Gasteiger partial charge in [-0.05, 0) is 30.2 Å². The molecule has 1 aliphatic heterocycles. The van der Waals surface area contributed by atoms with Gasteiger partial charge in [-0.25, -0.2) is 4.79 Å². The Morgan fingerprint density at radius 2 is 2.23 bits per heavy atom. The zero-order valence-electron chi connectivity index (χ0n) is 7.26. The number of fused-ring (bicyclic) bond motifs is 1. The van der Waals surface area contributed by atoms with Crippen LogP contribution in [0.4, 0.5) is 0 Å². The Morgan fingerprint density at radius 1 is 1.46 bits per heavy atom. The van der Waals surface area contributed by atoms with E-state index >= 15 is 0 Å². The SMILES string of the molecule is Cc1cc2c(cc1Br)CCOC2=O. The second kappa shape index (κ2) is 3.14. The molecular formula is C10H9BrO2. The minimum absolute atomic E-state index is 0.197. The standard InChI is InChI=1S/C10H9BrO2/c1-6-4-8-7(5-9(6)11)2-3-13-10(8)12/h4-5H,2-3H2,1H3. The minimum atomic E-state index is -0.197.